The Bertz CT molecular complexity index is 749. The van der Waals surface area contributed by atoms with Gasteiger partial charge in [0.05, 0.1) is 25.1 Å². The number of nitrogens with zero attached hydrogens (tertiary/aromatic N) is 2. The van der Waals surface area contributed by atoms with Gasteiger partial charge in [-0.1, -0.05) is 13.0 Å². The molecule has 0 spiro atoms. The lowest BCUT2D eigenvalue weighted by molar-refractivity contribution is -0.146. The van der Waals surface area contributed by atoms with Crippen molar-refractivity contribution in [3.8, 4) is 5.75 Å². The van der Waals surface area contributed by atoms with Gasteiger partial charge in [-0.25, -0.2) is 0 Å². The van der Waals surface area contributed by atoms with Crippen molar-refractivity contribution in [3.63, 3.8) is 0 Å². The first-order chi connectivity index (χ1) is 14.2. The van der Waals surface area contributed by atoms with Gasteiger partial charge in [0.15, 0.2) is 5.96 Å². The predicted molar refractivity (Wildman–Crippen MR) is 121 cm³/mol. The van der Waals surface area contributed by atoms with Crippen LogP contribution in [0.25, 0.3) is 0 Å². The molecule has 11 heteroatoms. The van der Waals surface area contributed by atoms with Gasteiger partial charge in [-0.2, -0.15) is 13.2 Å². The van der Waals surface area contributed by atoms with Gasteiger partial charge in [0.2, 0.25) is 0 Å². The third-order valence-electron chi connectivity index (χ3n) is 4.81. The van der Waals surface area contributed by atoms with Crippen LogP contribution in [0.3, 0.4) is 0 Å². The standard InChI is InChI=1S/C20H28F3N3O4.HI/c1-4-24-19(26-10-13(2)17(11-26)18(28)29-3)25-9-15(27)12-30-16-7-5-6-14(8-16)20(21,22)23;/h5-8,13,15,17,27H,4,9-12H2,1-3H3,(H,24,25);1H. The Kier molecular flexibility index (Phi) is 10.8. The van der Waals surface area contributed by atoms with Gasteiger partial charge < -0.3 is 24.8 Å². The number of halogens is 4. The topological polar surface area (TPSA) is 83.4 Å². The average Bonchev–Trinajstić information content (AvgIpc) is 3.10. The van der Waals surface area contributed by atoms with Crippen molar-refractivity contribution in [3.05, 3.63) is 29.8 Å². The number of ether oxygens (including phenoxy) is 2. The largest absolute Gasteiger partial charge is 0.491 e. The summed E-state index contributed by atoms with van der Waals surface area (Å²) in [5.74, 6) is 0.141. The summed E-state index contributed by atoms with van der Waals surface area (Å²) in [5.41, 5.74) is -0.815. The Morgan fingerprint density at radius 2 is 2.10 bits per heavy atom. The van der Waals surface area contributed by atoms with E-state index < -0.39 is 17.8 Å². The van der Waals surface area contributed by atoms with Gasteiger partial charge in [-0.05, 0) is 31.0 Å². The summed E-state index contributed by atoms with van der Waals surface area (Å²) in [6.07, 6.45) is -5.47. The molecule has 1 aliphatic heterocycles. The predicted octanol–water partition coefficient (Wildman–Crippen LogP) is 2.77. The quantitative estimate of drug-likeness (QED) is 0.232. The van der Waals surface area contributed by atoms with Gasteiger partial charge >= 0.3 is 12.1 Å². The Morgan fingerprint density at radius 3 is 2.71 bits per heavy atom. The molecule has 1 heterocycles. The fourth-order valence-electron chi connectivity index (χ4n) is 3.22. The number of aliphatic hydroxyl groups is 1. The van der Waals surface area contributed by atoms with Crippen LogP contribution in [-0.4, -0.2) is 67.9 Å². The Hall–Kier alpha value is -1.76. The number of guanidine groups is 1. The monoisotopic (exact) mass is 559 g/mol. The highest BCUT2D eigenvalue weighted by Gasteiger charge is 2.37. The minimum Gasteiger partial charge on any atom is -0.491 e. The molecule has 3 atom stereocenters. The number of aliphatic hydroxyl groups excluding tert-OH is 1. The van der Waals surface area contributed by atoms with Crippen LogP contribution in [0.4, 0.5) is 13.2 Å². The number of alkyl halides is 3. The molecule has 0 aliphatic carbocycles. The summed E-state index contributed by atoms with van der Waals surface area (Å²) in [4.78, 5) is 18.2. The molecule has 2 N–H and O–H groups in total. The van der Waals surface area contributed by atoms with Crippen molar-refractivity contribution in [2.45, 2.75) is 26.1 Å². The summed E-state index contributed by atoms with van der Waals surface area (Å²) >= 11 is 0. The molecule has 0 bridgehead atoms. The molecule has 1 aliphatic rings. The van der Waals surface area contributed by atoms with Crippen LogP contribution < -0.4 is 10.1 Å². The van der Waals surface area contributed by atoms with Crippen molar-refractivity contribution < 1.29 is 32.5 Å². The molecule has 3 unspecified atom stereocenters. The summed E-state index contributed by atoms with van der Waals surface area (Å²) in [6.45, 7) is 5.33. The number of esters is 1. The van der Waals surface area contributed by atoms with Crippen LogP contribution in [-0.2, 0) is 15.7 Å². The number of hydrogen-bond acceptors (Lipinski definition) is 5. The van der Waals surface area contributed by atoms with E-state index in [0.717, 1.165) is 12.1 Å². The zero-order chi connectivity index (χ0) is 22.3. The molecule has 0 saturated carbocycles. The summed E-state index contributed by atoms with van der Waals surface area (Å²) in [6, 6.07) is 4.49. The maximum atomic E-state index is 12.8. The Morgan fingerprint density at radius 1 is 1.39 bits per heavy atom. The molecule has 1 fully saturated rings. The van der Waals surface area contributed by atoms with E-state index >= 15 is 0 Å². The van der Waals surface area contributed by atoms with E-state index in [9.17, 15) is 23.1 Å². The fraction of sp³-hybridized carbons (Fsp3) is 0.600. The summed E-state index contributed by atoms with van der Waals surface area (Å²) < 4.78 is 48.4. The second-order valence-electron chi connectivity index (χ2n) is 7.20. The first-order valence-corrected chi connectivity index (χ1v) is 9.74. The van der Waals surface area contributed by atoms with Gasteiger partial charge in [-0.15, -0.1) is 24.0 Å². The second kappa shape index (κ2) is 12.3. The fourth-order valence-corrected chi connectivity index (χ4v) is 3.22. The third kappa shape index (κ3) is 8.02. The zero-order valence-corrected chi connectivity index (χ0v) is 20.0. The smallest absolute Gasteiger partial charge is 0.416 e. The average molecular weight is 559 g/mol. The highest BCUT2D eigenvalue weighted by molar-refractivity contribution is 14.0. The van der Waals surface area contributed by atoms with Crippen LogP contribution in [0, 0.1) is 11.8 Å². The minimum atomic E-state index is -4.46. The number of rotatable bonds is 7. The van der Waals surface area contributed by atoms with Crippen molar-refractivity contribution in [1.82, 2.24) is 10.2 Å². The van der Waals surface area contributed by atoms with Gasteiger partial charge in [0.1, 0.15) is 18.5 Å². The highest BCUT2D eigenvalue weighted by atomic mass is 127. The highest BCUT2D eigenvalue weighted by Crippen LogP contribution is 2.31. The third-order valence-corrected chi connectivity index (χ3v) is 4.81. The Balaban J connectivity index is 0.00000480. The number of carbonyl (C=O) groups excluding carboxylic acids is 1. The van der Waals surface area contributed by atoms with E-state index in [1.165, 1.54) is 19.2 Å². The molecule has 1 aromatic rings. The number of likely N-dealkylation sites (tertiary alicyclic amines) is 1. The van der Waals surface area contributed by atoms with E-state index in [2.05, 4.69) is 10.3 Å². The molecule has 7 nitrogen and oxygen atoms in total. The maximum Gasteiger partial charge on any atom is 0.416 e. The number of carbonyl (C=O) groups is 1. The molecule has 0 radical (unpaired) electrons. The van der Waals surface area contributed by atoms with E-state index in [-0.39, 0.29) is 60.7 Å². The van der Waals surface area contributed by atoms with Crippen LogP contribution in [0.5, 0.6) is 5.75 Å². The van der Waals surface area contributed by atoms with E-state index in [0.29, 0.717) is 25.6 Å². The van der Waals surface area contributed by atoms with E-state index in [4.69, 9.17) is 9.47 Å². The molecule has 0 amide bonds. The molecular formula is C20H29F3IN3O4. The van der Waals surface area contributed by atoms with Crippen LogP contribution >= 0.6 is 24.0 Å². The number of methoxy groups -OCH3 is 1. The normalized spacial score (nSPS) is 20.1. The lowest BCUT2D eigenvalue weighted by Crippen LogP contribution is -2.41. The molecule has 176 valence electrons. The van der Waals surface area contributed by atoms with Crippen molar-refractivity contribution in [2.75, 3.05) is 39.9 Å². The minimum absolute atomic E-state index is 0. The molecule has 2 rings (SSSR count). The number of nitrogens with one attached hydrogen (secondary N) is 1. The molecule has 1 saturated heterocycles. The zero-order valence-electron chi connectivity index (χ0n) is 17.7. The summed E-state index contributed by atoms with van der Waals surface area (Å²) in [7, 11) is 1.36. The van der Waals surface area contributed by atoms with E-state index in [1.54, 1.807) is 0 Å². The molecular weight excluding hydrogens is 530 g/mol. The summed E-state index contributed by atoms with van der Waals surface area (Å²) in [5, 5.41) is 13.3. The second-order valence-corrected chi connectivity index (χ2v) is 7.20. The van der Waals surface area contributed by atoms with Gasteiger partial charge in [0, 0.05) is 19.6 Å². The molecule has 1 aromatic carbocycles. The number of hydrogen-bond donors (Lipinski definition) is 2. The number of benzene rings is 1. The lowest BCUT2D eigenvalue weighted by atomic mass is 9.99. The van der Waals surface area contributed by atoms with Crippen molar-refractivity contribution >= 4 is 35.9 Å². The van der Waals surface area contributed by atoms with Crippen LogP contribution in [0.15, 0.2) is 29.3 Å². The van der Waals surface area contributed by atoms with E-state index in [1.807, 2.05) is 18.7 Å². The SMILES string of the molecule is CCNC(=NCC(O)COc1cccc(C(F)(F)F)c1)N1CC(C)C(C(=O)OC)C1.I. The van der Waals surface area contributed by atoms with Crippen LogP contribution in [0.1, 0.15) is 19.4 Å². The lowest BCUT2D eigenvalue weighted by Gasteiger charge is -2.22. The van der Waals surface area contributed by atoms with Crippen molar-refractivity contribution in [1.29, 1.82) is 0 Å². The molecule has 0 aromatic heterocycles. The first kappa shape index (κ1) is 27.3. The van der Waals surface area contributed by atoms with Gasteiger partial charge in [0.25, 0.3) is 0 Å². The maximum absolute atomic E-state index is 12.8. The number of aliphatic imine (C=N–C) groups is 1. The van der Waals surface area contributed by atoms with Crippen molar-refractivity contribution in [2.24, 2.45) is 16.8 Å². The van der Waals surface area contributed by atoms with Gasteiger partial charge in [-0.3, -0.25) is 9.79 Å². The Labute approximate surface area is 197 Å². The van der Waals surface area contributed by atoms with Crippen LogP contribution in [0.2, 0.25) is 0 Å². The first-order valence-electron chi connectivity index (χ1n) is 9.74. The molecule has 31 heavy (non-hydrogen) atoms.